The first-order valence-corrected chi connectivity index (χ1v) is 8.53. The van der Waals surface area contributed by atoms with Crippen LogP contribution >= 0.6 is 0 Å². The minimum Gasteiger partial charge on any atom is -0.479 e. The van der Waals surface area contributed by atoms with Crippen molar-refractivity contribution in [1.29, 1.82) is 0 Å². The van der Waals surface area contributed by atoms with Gasteiger partial charge in [-0.3, -0.25) is 4.68 Å². The molecule has 0 fully saturated rings. The van der Waals surface area contributed by atoms with E-state index in [1.54, 1.807) is 7.05 Å². The van der Waals surface area contributed by atoms with Crippen molar-refractivity contribution in [2.75, 3.05) is 0 Å². The second kappa shape index (κ2) is 6.48. The van der Waals surface area contributed by atoms with Crippen LogP contribution in [0.5, 0.6) is 0 Å². The van der Waals surface area contributed by atoms with E-state index in [4.69, 9.17) is 0 Å². The summed E-state index contributed by atoms with van der Waals surface area (Å²) in [6.07, 6.45) is 3.36. The van der Waals surface area contributed by atoms with E-state index in [1.807, 2.05) is 30.3 Å². The van der Waals surface area contributed by atoms with Crippen molar-refractivity contribution in [3.63, 3.8) is 0 Å². The van der Waals surface area contributed by atoms with Crippen molar-refractivity contribution in [3.05, 3.63) is 47.7 Å². The molecule has 0 radical (unpaired) electrons. The molecule has 2 N–H and O–H groups in total. The lowest BCUT2D eigenvalue weighted by molar-refractivity contribution is -0.147. The van der Waals surface area contributed by atoms with Gasteiger partial charge < -0.3 is 10.2 Å². The molecule has 1 aliphatic rings. The molecule has 0 saturated carbocycles. The highest BCUT2D eigenvalue weighted by Crippen LogP contribution is 2.42. The Hall–Kier alpha value is -2.40. The van der Waals surface area contributed by atoms with Crippen molar-refractivity contribution in [2.45, 2.75) is 39.2 Å². The molecule has 25 heavy (non-hydrogen) atoms. The zero-order valence-corrected chi connectivity index (χ0v) is 14.9. The Kier molecular flexibility index (Phi) is 4.52. The number of benzene rings is 1. The summed E-state index contributed by atoms with van der Waals surface area (Å²) < 4.78 is 1.50. The van der Waals surface area contributed by atoms with Crippen LogP contribution in [0.1, 0.15) is 50.5 Å². The Morgan fingerprint density at radius 3 is 2.52 bits per heavy atom. The van der Waals surface area contributed by atoms with Gasteiger partial charge in [-0.15, -0.1) is 0 Å². The Balaban J connectivity index is 2.19. The first kappa shape index (κ1) is 17.4. The van der Waals surface area contributed by atoms with Crippen LogP contribution in [0.4, 0.5) is 0 Å². The van der Waals surface area contributed by atoms with E-state index in [-0.39, 0.29) is 5.41 Å². The molecule has 1 aliphatic carbocycles. The summed E-state index contributed by atoms with van der Waals surface area (Å²) in [6.45, 7) is 4.46. The second-order valence-corrected chi connectivity index (χ2v) is 7.44. The van der Waals surface area contributed by atoms with Gasteiger partial charge in [0, 0.05) is 18.2 Å². The van der Waals surface area contributed by atoms with Crippen LogP contribution in [0.3, 0.4) is 0 Å². The Labute approximate surface area is 147 Å². The van der Waals surface area contributed by atoms with Gasteiger partial charge in [-0.2, -0.15) is 5.10 Å². The Morgan fingerprint density at radius 2 is 1.96 bits per heavy atom. The fraction of sp³-hybridized carbons (Fsp3) is 0.400. The number of carbonyl (C=O) groups is 1. The van der Waals surface area contributed by atoms with Crippen molar-refractivity contribution >= 4 is 11.5 Å². The molecular weight excluding hydrogens is 316 g/mol. The summed E-state index contributed by atoms with van der Waals surface area (Å²) >= 11 is 0. The number of aromatic nitrogens is 2. The van der Waals surface area contributed by atoms with E-state index in [0.29, 0.717) is 5.69 Å². The summed E-state index contributed by atoms with van der Waals surface area (Å²) in [5.41, 5.74) is 4.06. The number of allylic oxidation sites excluding steroid dienone is 2. The van der Waals surface area contributed by atoms with Crippen LogP contribution in [0.2, 0.25) is 0 Å². The van der Waals surface area contributed by atoms with Crippen molar-refractivity contribution < 1.29 is 15.0 Å². The quantitative estimate of drug-likeness (QED) is 0.888. The smallest absolute Gasteiger partial charge is 0.338 e. The van der Waals surface area contributed by atoms with E-state index in [0.717, 1.165) is 41.7 Å². The zero-order chi connectivity index (χ0) is 18.2. The van der Waals surface area contributed by atoms with Gasteiger partial charge in [0.2, 0.25) is 0 Å². The number of aliphatic carboxylic acids is 1. The van der Waals surface area contributed by atoms with E-state index < -0.39 is 12.1 Å². The molecule has 1 aromatic heterocycles. The van der Waals surface area contributed by atoms with Gasteiger partial charge in [0.1, 0.15) is 5.69 Å². The van der Waals surface area contributed by atoms with Gasteiger partial charge in [-0.05, 0) is 30.3 Å². The second-order valence-electron chi connectivity index (χ2n) is 7.44. The van der Waals surface area contributed by atoms with Crippen LogP contribution in [-0.2, 0) is 11.8 Å². The number of hydrogen-bond donors (Lipinski definition) is 2. The van der Waals surface area contributed by atoms with Gasteiger partial charge >= 0.3 is 5.97 Å². The fourth-order valence-electron chi connectivity index (χ4n) is 3.39. The first-order valence-electron chi connectivity index (χ1n) is 8.53. The highest BCUT2D eigenvalue weighted by atomic mass is 16.4. The molecule has 1 aromatic carbocycles. The number of aliphatic hydroxyl groups is 1. The summed E-state index contributed by atoms with van der Waals surface area (Å²) in [5, 5.41) is 24.1. The molecule has 1 unspecified atom stereocenters. The lowest BCUT2D eigenvalue weighted by Gasteiger charge is -2.29. The third-order valence-electron chi connectivity index (χ3n) is 4.93. The summed E-state index contributed by atoms with van der Waals surface area (Å²) in [6, 6.07) is 9.70. The first-order chi connectivity index (χ1) is 11.8. The maximum absolute atomic E-state index is 11.4. The van der Waals surface area contributed by atoms with Gasteiger partial charge in [0.05, 0.1) is 5.69 Å². The number of carboxylic acids is 1. The Bertz CT molecular complexity index is 819. The predicted molar refractivity (Wildman–Crippen MR) is 96.8 cm³/mol. The van der Waals surface area contributed by atoms with Crippen LogP contribution in [0.15, 0.2) is 36.4 Å². The average molecular weight is 340 g/mol. The minimum absolute atomic E-state index is 0.240. The van der Waals surface area contributed by atoms with E-state index >= 15 is 0 Å². The molecule has 0 saturated heterocycles. The SMILES string of the molecule is Cn1nc(-c2ccccc2)c(C2=CCC(C)(C)CC2)c1C(O)C(=O)O. The highest BCUT2D eigenvalue weighted by molar-refractivity contribution is 5.85. The average Bonchev–Trinajstić information content (AvgIpc) is 2.92. The third-order valence-corrected chi connectivity index (χ3v) is 4.93. The summed E-state index contributed by atoms with van der Waals surface area (Å²) in [5.74, 6) is -1.26. The maximum atomic E-state index is 11.4. The topological polar surface area (TPSA) is 75.3 Å². The number of rotatable bonds is 4. The van der Waals surface area contributed by atoms with Gasteiger partial charge in [0.15, 0.2) is 6.10 Å². The number of nitrogens with zero attached hydrogens (tertiary/aromatic N) is 2. The van der Waals surface area contributed by atoms with E-state index in [2.05, 4.69) is 25.0 Å². The molecule has 5 heteroatoms. The van der Waals surface area contributed by atoms with Crippen molar-refractivity contribution in [2.24, 2.45) is 12.5 Å². The zero-order valence-electron chi connectivity index (χ0n) is 14.9. The lowest BCUT2D eigenvalue weighted by Crippen LogP contribution is -2.18. The predicted octanol–water partition coefficient (Wildman–Crippen LogP) is 3.80. The molecule has 0 spiro atoms. The minimum atomic E-state index is -1.60. The molecule has 0 aliphatic heterocycles. The molecule has 0 bridgehead atoms. The number of carboxylic acid groups (broad SMARTS) is 1. The summed E-state index contributed by atoms with van der Waals surface area (Å²) in [4.78, 5) is 11.4. The number of aryl methyl sites for hydroxylation is 1. The monoisotopic (exact) mass is 340 g/mol. The molecule has 3 rings (SSSR count). The van der Waals surface area contributed by atoms with E-state index in [1.165, 1.54) is 4.68 Å². The molecule has 1 atom stereocenters. The van der Waals surface area contributed by atoms with E-state index in [9.17, 15) is 15.0 Å². The van der Waals surface area contributed by atoms with Gasteiger partial charge in [0.25, 0.3) is 0 Å². The molecule has 1 heterocycles. The van der Waals surface area contributed by atoms with Gasteiger partial charge in [-0.25, -0.2) is 4.79 Å². The number of aliphatic hydroxyl groups excluding tert-OH is 1. The maximum Gasteiger partial charge on any atom is 0.338 e. The van der Waals surface area contributed by atoms with Crippen LogP contribution in [-0.4, -0.2) is 26.0 Å². The van der Waals surface area contributed by atoms with Crippen LogP contribution < -0.4 is 0 Å². The van der Waals surface area contributed by atoms with Crippen LogP contribution in [0.25, 0.3) is 16.8 Å². The molecule has 5 nitrogen and oxygen atoms in total. The number of hydrogen-bond acceptors (Lipinski definition) is 3. The molecule has 132 valence electrons. The fourth-order valence-corrected chi connectivity index (χ4v) is 3.39. The van der Waals surface area contributed by atoms with Gasteiger partial charge in [-0.1, -0.05) is 50.3 Å². The molecule has 0 amide bonds. The third kappa shape index (κ3) is 3.37. The van der Waals surface area contributed by atoms with Crippen molar-refractivity contribution in [1.82, 2.24) is 9.78 Å². The molecule has 2 aromatic rings. The van der Waals surface area contributed by atoms with Crippen molar-refractivity contribution in [3.8, 4) is 11.3 Å². The Morgan fingerprint density at radius 1 is 1.28 bits per heavy atom. The lowest BCUT2D eigenvalue weighted by atomic mass is 9.76. The summed E-state index contributed by atoms with van der Waals surface area (Å²) in [7, 11) is 1.69. The largest absolute Gasteiger partial charge is 0.479 e. The molecular formula is C20H24N2O3. The standard InChI is InChI=1S/C20H24N2O3/c1-20(2)11-9-13(10-12-20)15-16(14-7-5-4-6-8-14)21-22(3)17(15)18(23)19(24)25/h4-9,18,23H,10-12H2,1-3H3,(H,24,25). The highest BCUT2D eigenvalue weighted by Gasteiger charge is 2.31. The normalized spacial score (nSPS) is 17.8. The van der Waals surface area contributed by atoms with Crippen LogP contribution in [0, 0.1) is 5.41 Å².